The highest BCUT2D eigenvalue weighted by Gasteiger charge is 2.19. The predicted molar refractivity (Wildman–Crippen MR) is 91.2 cm³/mol. The molecule has 3 rings (SSSR count). The van der Waals surface area contributed by atoms with Gasteiger partial charge in [0, 0.05) is 19.7 Å². The third-order valence-corrected chi connectivity index (χ3v) is 4.63. The van der Waals surface area contributed by atoms with Gasteiger partial charge in [0.1, 0.15) is 0 Å². The van der Waals surface area contributed by atoms with Crippen LogP contribution in [0.25, 0.3) is 0 Å². The first-order valence-electron chi connectivity index (χ1n) is 9.10. The van der Waals surface area contributed by atoms with Crippen molar-refractivity contribution < 1.29 is 14.2 Å². The Morgan fingerprint density at radius 2 is 2.00 bits per heavy atom. The highest BCUT2D eigenvalue weighted by molar-refractivity contribution is 5.43. The summed E-state index contributed by atoms with van der Waals surface area (Å²) in [6.45, 7) is 5.34. The molecule has 0 aromatic heterocycles. The summed E-state index contributed by atoms with van der Waals surface area (Å²) in [7, 11) is 0. The topological polar surface area (TPSA) is 39.7 Å². The molecule has 0 amide bonds. The van der Waals surface area contributed by atoms with E-state index in [1.807, 2.05) is 6.92 Å². The second-order valence-electron chi connectivity index (χ2n) is 6.50. The van der Waals surface area contributed by atoms with Gasteiger partial charge in [-0.1, -0.05) is 6.07 Å². The Kier molecular flexibility index (Phi) is 6.17. The van der Waals surface area contributed by atoms with Crippen LogP contribution in [0.1, 0.15) is 51.0 Å². The minimum atomic E-state index is 0.359. The molecule has 0 radical (unpaired) electrons. The van der Waals surface area contributed by atoms with E-state index < -0.39 is 0 Å². The minimum absolute atomic E-state index is 0.359. The van der Waals surface area contributed by atoms with Crippen LogP contribution in [0, 0.1) is 0 Å². The maximum absolute atomic E-state index is 6.13. The maximum atomic E-state index is 6.13. The highest BCUT2D eigenvalue weighted by atomic mass is 16.5. The Morgan fingerprint density at radius 3 is 2.74 bits per heavy atom. The van der Waals surface area contributed by atoms with Crippen LogP contribution >= 0.6 is 0 Å². The maximum Gasteiger partial charge on any atom is 0.161 e. The van der Waals surface area contributed by atoms with Crippen LogP contribution in [0.15, 0.2) is 18.2 Å². The normalized spacial score (nSPS) is 21.7. The zero-order valence-corrected chi connectivity index (χ0v) is 14.2. The summed E-state index contributed by atoms with van der Waals surface area (Å²) in [5.74, 6) is 1.76. The van der Waals surface area contributed by atoms with Crippen LogP contribution in [0.5, 0.6) is 11.5 Å². The largest absolute Gasteiger partial charge is 0.490 e. The molecule has 2 aliphatic rings. The van der Waals surface area contributed by atoms with Crippen molar-refractivity contribution in [2.45, 2.75) is 64.2 Å². The van der Waals surface area contributed by atoms with Crippen LogP contribution in [0.4, 0.5) is 0 Å². The van der Waals surface area contributed by atoms with Gasteiger partial charge in [-0.3, -0.25) is 0 Å². The van der Waals surface area contributed by atoms with Crippen LogP contribution in [-0.2, 0) is 11.3 Å². The van der Waals surface area contributed by atoms with Crippen molar-refractivity contribution >= 4 is 0 Å². The Bertz CT molecular complexity index is 480. The average molecular weight is 319 g/mol. The first-order valence-corrected chi connectivity index (χ1v) is 9.10. The Morgan fingerprint density at radius 1 is 1.13 bits per heavy atom. The SMILES string of the molecule is CCOc1cc(CNC[C@@H]2CCCO2)ccc1OC1CCCC1. The van der Waals surface area contributed by atoms with E-state index in [9.17, 15) is 0 Å². The van der Waals surface area contributed by atoms with Crippen molar-refractivity contribution in [2.75, 3.05) is 19.8 Å². The monoisotopic (exact) mass is 319 g/mol. The number of ether oxygens (including phenoxy) is 3. The first kappa shape index (κ1) is 16.6. The molecule has 0 unspecified atom stereocenters. The van der Waals surface area contributed by atoms with Gasteiger partial charge in [-0.2, -0.15) is 0 Å². The summed E-state index contributed by atoms with van der Waals surface area (Å²) in [5, 5.41) is 3.48. The molecule has 1 aliphatic heterocycles. The lowest BCUT2D eigenvalue weighted by molar-refractivity contribution is 0.110. The molecule has 4 heteroatoms. The van der Waals surface area contributed by atoms with Crippen LogP contribution < -0.4 is 14.8 Å². The second-order valence-corrected chi connectivity index (χ2v) is 6.50. The van der Waals surface area contributed by atoms with Gasteiger partial charge in [-0.15, -0.1) is 0 Å². The smallest absolute Gasteiger partial charge is 0.161 e. The molecule has 1 saturated carbocycles. The third kappa shape index (κ3) is 4.85. The highest BCUT2D eigenvalue weighted by Crippen LogP contribution is 2.32. The third-order valence-electron chi connectivity index (χ3n) is 4.63. The summed E-state index contributed by atoms with van der Waals surface area (Å²) < 4.78 is 17.6. The fourth-order valence-corrected chi connectivity index (χ4v) is 3.40. The Hall–Kier alpha value is -1.26. The van der Waals surface area contributed by atoms with Crippen molar-refractivity contribution in [1.82, 2.24) is 5.32 Å². The second kappa shape index (κ2) is 8.55. The standard InChI is InChI=1S/C19H29NO3/c1-2-21-19-12-15(13-20-14-17-8-5-11-22-17)9-10-18(19)23-16-6-3-4-7-16/h9-10,12,16-17,20H,2-8,11,13-14H2,1H3/t17-/m0/s1. The molecule has 1 N–H and O–H groups in total. The molecule has 23 heavy (non-hydrogen) atoms. The van der Waals surface area contributed by atoms with Gasteiger partial charge in [0.25, 0.3) is 0 Å². The van der Waals surface area contributed by atoms with E-state index in [1.165, 1.54) is 31.2 Å². The molecule has 128 valence electrons. The van der Waals surface area contributed by atoms with Crippen molar-refractivity contribution in [3.63, 3.8) is 0 Å². The predicted octanol–water partition coefficient (Wildman–Crippen LogP) is 3.68. The summed E-state index contributed by atoms with van der Waals surface area (Å²) in [6.07, 6.45) is 7.98. The van der Waals surface area contributed by atoms with Gasteiger partial charge in [0.05, 0.1) is 18.8 Å². The molecule has 1 heterocycles. The van der Waals surface area contributed by atoms with Gasteiger partial charge >= 0.3 is 0 Å². The summed E-state index contributed by atoms with van der Waals surface area (Å²) in [6, 6.07) is 6.30. The molecule has 1 atom stereocenters. The summed E-state index contributed by atoms with van der Waals surface area (Å²) in [4.78, 5) is 0. The number of benzene rings is 1. The molecule has 0 spiro atoms. The first-order chi connectivity index (χ1) is 11.3. The van der Waals surface area contributed by atoms with Gasteiger partial charge < -0.3 is 19.5 Å². The van der Waals surface area contributed by atoms with E-state index >= 15 is 0 Å². The molecular formula is C19H29NO3. The van der Waals surface area contributed by atoms with Gasteiger partial charge in [-0.25, -0.2) is 0 Å². The zero-order valence-electron chi connectivity index (χ0n) is 14.2. The average Bonchev–Trinajstić information content (AvgIpc) is 3.24. The van der Waals surface area contributed by atoms with E-state index in [0.29, 0.717) is 18.8 Å². The van der Waals surface area contributed by atoms with Crippen molar-refractivity contribution in [1.29, 1.82) is 0 Å². The van der Waals surface area contributed by atoms with E-state index in [0.717, 1.165) is 44.0 Å². The van der Waals surface area contributed by atoms with Crippen molar-refractivity contribution in [3.8, 4) is 11.5 Å². The fourth-order valence-electron chi connectivity index (χ4n) is 3.40. The summed E-state index contributed by atoms with van der Waals surface area (Å²) in [5.41, 5.74) is 1.23. The molecule has 2 fully saturated rings. The molecule has 1 aromatic carbocycles. The lowest BCUT2D eigenvalue weighted by Gasteiger charge is -2.18. The molecular weight excluding hydrogens is 290 g/mol. The van der Waals surface area contributed by atoms with Crippen LogP contribution in [0.2, 0.25) is 0 Å². The molecule has 1 saturated heterocycles. The van der Waals surface area contributed by atoms with E-state index in [-0.39, 0.29) is 0 Å². The van der Waals surface area contributed by atoms with Gasteiger partial charge in [0.2, 0.25) is 0 Å². The van der Waals surface area contributed by atoms with E-state index in [2.05, 4.69) is 23.5 Å². The number of nitrogens with one attached hydrogen (secondary N) is 1. The quantitative estimate of drug-likeness (QED) is 0.793. The number of rotatable bonds is 8. The van der Waals surface area contributed by atoms with Crippen LogP contribution in [0.3, 0.4) is 0 Å². The molecule has 4 nitrogen and oxygen atoms in total. The van der Waals surface area contributed by atoms with Gasteiger partial charge in [-0.05, 0) is 63.1 Å². The molecule has 1 aliphatic carbocycles. The fraction of sp³-hybridized carbons (Fsp3) is 0.684. The Balaban J connectivity index is 1.56. The molecule has 0 bridgehead atoms. The summed E-state index contributed by atoms with van der Waals surface area (Å²) >= 11 is 0. The number of hydrogen-bond acceptors (Lipinski definition) is 4. The van der Waals surface area contributed by atoms with E-state index in [1.54, 1.807) is 0 Å². The number of hydrogen-bond donors (Lipinski definition) is 1. The Labute approximate surface area is 139 Å². The minimum Gasteiger partial charge on any atom is -0.490 e. The van der Waals surface area contributed by atoms with Crippen molar-refractivity contribution in [2.24, 2.45) is 0 Å². The van der Waals surface area contributed by atoms with Gasteiger partial charge in [0.15, 0.2) is 11.5 Å². The molecule has 1 aromatic rings. The van der Waals surface area contributed by atoms with Crippen molar-refractivity contribution in [3.05, 3.63) is 23.8 Å². The lowest BCUT2D eigenvalue weighted by atomic mass is 10.2. The van der Waals surface area contributed by atoms with Crippen LogP contribution in [-0.4, -0.2) is 32.0 Å². The van der Waals surface area contributed by atoms with E-state index in [4.69, 9.17) is 14.2 Å². The zero-order chi connectivity index (χ0) is 15.9. The lowest BCUT2D eigenvalue weighted by Crippen LogP contribution is -2.25.